The van der Waals surface area contributed by atoms with E-state index in [0.717, 1.165) is 16.2 Å². The van der Waals surface area contributed by atoms with Crippen molar-refractivity contribution in [1.29, 1.82) is 0 Å². The maximum Gasteiger partial charge on any atom is 0.338 e. The molecular weight excluding hydrogens is 564 g/mol. The van der Waals surface area contributed by atoms with Gasteiger partial charge in [-0.1, -0.05) is 41.7 Å². The van der Waals surface area contributed by atoms with E-state index in [0.29, 0.717) is 16.3 Å². The number of nitrogens with one attached hydrogen (secondary N) is 1. The molecule has 0 spiro atoms. The lowest BCUT2D eigenvalue weighted by molar-refractivity contribution is -0.119. The number of carbonyl (C=O) groups excluding carboxylic acids is 6. The van der Waals surface area contributed by atoms with Gasteiger partial charge in [-0.3, -0.25) is 19.2 Å². The molecule has 3 aromatic carbocycles. The average Bonchev–Trinajstić information content (AvgIpc) is 3.54. The Hall–Kier alpha value is -5.56. The number of aromatic nitrogens is 2. The molecule has 12 nitrogen and oxygen atoms in total. The van der Waals surface area contributed by atoms with E-state index in [4.69, 9.17) is 9.47 Å². The van der Waals surface area contributed by atoms with Crippen LogP contribution in [-0.2, 0) is 14.3 Å². The van der Waals surface area contributed by atoms with Gasteiger partial charge in [0.15, 0.2) is 19.0 Å². The maximum absolute atomic E-state index is 12.8. The number of ketones is 1. The number of imide groups is 1. The van der Waals surface area contributed by atoms with Crippen LogP contribution in [0.2, 0.25) is 0 Å². The summed E-state index contributed by atoms with van der Waals surface area (Å²) in [5.41, 5.74) is 1.01. The van der Waals surface area contributed by atoms with Crippen molar-refractivity contribution >= 4 is 57.6 Å². The number of nitrogens with zero attached hydrogens (tertiary/aromatic N) is 3. The van der Waals surface area contributed by atoms with Crippen molar-refractivity contribution in [2.24, 2.45) is 0 Å². The third kappa shape index (κ3) is 5.95. The van der Waals surface area contributed by atoms with E-state index >= 15 is 0 Å². The number of carbonyl (C=O) groups is 6. The Kier molecular flexibility index (Phi) is 7.93. The number of amides is 3. The first-order valence-corrected chi connectivity index (χ1v) is 13.2. The second-order valence-electron chi connectivity index (χ2n) is 8.88. The first kappa shape index (κ1) is 28.0. The number of esters is 2. The highest BCUT2D eigenvalue weighted by molar-refractivity contribution is 7.15. The van der Waals surface area contributed by atoms with Crippen molar-refractivity contribution in [1.82, 2.24) is 10.2 Å². The van der Waals surface area contributed by atoms with E-state index in [1.165, 1.54) is 42.5 Å². The van der Waals surface area contributed by atoms with Crippen LogP contribution >= 0.6 is 11.3 Å². The van der Waals surface area contributed by atoms with Crippen LogP contribution in [0.25, 0.3) is 0 Å². The Morgan fingerprint density at radius 3 is 2.10 bits per heavy atom. The Morgan fingerprint density at radius 1 is 0.762 bits per heavy atom. The molecule has 0 saturated heterocycles. The van der Waals surface area contributed by atoms with Gasteiger partial charge in [0.2, 0.25) is 5.13 Å². The standard InChI is InChI=1S/C29H20N4O8S/c1-16-31-32-29(42-16)33-25(36)21-12-9-19(13-22(21)26(33)37)28(39)41-15-24(35)30-20-10-7-18(8-11-20)27(38)40-14-23(34)17-5-3-2-4-6-17/h2-13H,14-15H2,1H3,(H,30,35). The fraction of sp³-hybridized carbons (Fsp3) is 0.103. The van der Waals surface area contributed by atoms with Crippen molar-refractivity contribution in [3.05, 3.63) is 106 Å². The van der Waals surface area contributed by atoms with E-state index in [9.17, 15) is 28.8 Å². The maximum atomic E-state index is 12.8. The van der Waals surface area contributed by atoms with Crippen molar-refractivity contribution in [3.8, 4) is 0 Å². The summed E-state index contributed by atoms with van der Waals surface area (Å²) >= 11 is 1.08. The number of hydrogen-bond acceptors (Lipinski definition) is 11. The number of fused-ring (bicyclic) bond motifs is 1. The summed E-state index contributed by atoms with van der Waals surface area (Å²) in [6.07, 6.45) is 0. The lowest BCUT2D eigenvalue weighted by Gasteiger charge is -2.08. The zero-order valence-electron chi connectivity index (χ0n) is 21.9. The number of aryl methyl sites for hydroxylation is 1. The van der Waals surface area contributed by atoms with Crippen LogP contribution in [0.5, 0.6) is 0 Å². The molecule has 1 aromatic heterocycles. The zero-order valence-corrected chi connectivity index (χ0v) is 22.7. The second kappa shape index (κ2) is 11.9. The quantitative estimate of drug-likeness (QED) is 0.175. The molecule has 2 heterocycles. The Morgan fingerprint density at radius 2 is 1.40 bits per heavy atom. The molecule has 5 rings (SSSR count). The molecule has 1 aliphatic heterocycles. The van der Waals surface area contributed by atoms with Gasteiger partial charge in [0.25, 0.3) is 17.7 Å². The highest BCUT2D eigenvalue weighted by Crippen LogP contribution is 2.31. The summed E-state index contributed by atoms with van der Waals surface area (Å²) < 4.78 is 10.1. The molecule has 0 saturated carbocycles. The number of Topliss-reactive ketones (excluding diaryl/α,β-unsaturated/α-hetero) is 1. The van der Waals surface area contributed by atoms with Gasteiger partial charge in [0, 0.05) is 11.3 Å². The minimum atomic E-state index is -0.874. The van der Waals surface area contributed by atoms with Gasteiger partial charge in [-0.05, 0) is 49.4 Å². The van der Waals surface area contributed by atoms with Gasteiger partial charge in [0.1, 0.15) is 5.01 Å². The second-order valence-corrected chi connectivity index (χ2v) is 10.0. The third-order valence-corrected chi connectivity index (χ3v) is 6.82. The smallest absolute Gasteiger partial charge is 0.338 e. The number of rotatable bonds is 9. The van der Waals surface area contributed by atoms with Gasteiger partial charge in [-0.2, -0.15) is 0 Å². The molecule has 3 amide bonds. The van der Waals surface area contributed by atoms with E-state index in [1.807, 2.05) is 0 Å². The highest BCUT2D eigenvalue weighted by atomic mass is 32.1. The van der Waals surface area contributed by atoms with Crippen LogP contribution < -0.4 is 10.2 Å². The molecule has 0 aliphatic carbocycles. The number of benzene rings is 3. The lowest BCUT2D eigenvalue weighted by Crippen LogP contribution is -2.29. The zero-order chi connectivity index (χ0) is 29.8. The summed E-state index contributed by atoms with van der Waals surface area (Å²) in [6, 6.07) is 18.0. The van der Waals surface area contributed by atoms with E-state index in [-0.39, 0.29) is 33.2 Å². The van der Waals surface area contributed by atoms with Gasteiger partial charge in [-0.25, -0.2) is 14.5 Å². The molecule has 1 aliphatic rings. The van der Waals surface area contributed by atoms with Crippen molar-refractivity contribution in [3.63, 3.8) is 0 Å². The molecule has 0 atom stereocenters. The fourth-order valence-electron chi connectivity index (χ4n) is 3.94. The fourth-order valence-corrected chi connectivity index (χ4v) is 4.63. The molecular formula is C29H20N4O8S. The van der Waals surface area contributed by atoms with Crippen molar-refractivity contribution in [2.75, 3.05) is 23.4 Å². The monoisotopic (exact) mass is 584 g/mol. The van der Waals surface area contributed by atoms with Crippen molar-refractivity contribution in [2.45, 2.75) is 6.92 Å². The number of hydrogen-bond donors (Lipinski definition) is 1. The molecule has 0 bridgehead atoms. The number of anilines is 2. The highest BCUT2D eigenvalue weighted by Gasteiger charge is 2.39. The minimum Gasteiger partial charge on any atom is -0.454 e. The van der Waals surface area contributed by atoms with Gasteiger partial charge < -0.3 is 14.8 Å². The van der Waals surface area contributed by atoms with Crippen LogP contribution in [-0.4, -0.2) is 58.9 Å². The van der Waals surface area contributed by atoms with Gasteiger partial charge in [0.05, 0.1) is 22.3 Å². The van der Waals surface area contributed by atoms with Gasteiger partial charge in [-0.15, -0.1) is 10.2 Å². The molecule has 0 radical (unpaired) electrons. The van der Waals surface area contributed by atoms with Crippen molar-refractivity contribution < 1.29 is 38.2 Å². The molecule has 0 fully saturated rings. The predicted molar refractivity (Wildman–Crippen MR) is 149 cm³/mol. The SMILES string of the molecule is Cc1nnc(N2C(=O)c3ccc(C(=O)OCC(=O)Nc4ccc(C(=O)OCC(=O)c5ccccc5)cc4)cc3C2=O)s1. The summed E-state index contributed by atoms with van der Waals surface area (Å²) in [6.45, 7) is 0.640. The summed E-state index contributed by atoms with van der Waals surface area (Å²) in [5, 5.41) is 10.9. The summed E-state index contributed by atoms with van der Waals surface area (Å²) in [4.78, 5) is 75.7. The molecule has 0 unspecified atom stereocenters. The third-order valence-electron chi connectivity index (χ3n) is 6.00. The minimum absolute atomic E-state index is 0.00908. The van der Waals surface area contributed by atoms with Crippen LogP contribution in [0.3, 0.4) is 0 Å². The van der Waals surface area contributed by atoms with Crippen LogP contribution in [0, 0.1) is 6.92 Å². The molecule has 4 aromatic rings. The van der Waals surface area contributed by atoms with E-state index in [2.05, 4.69) is 15.5 Å². The predicted octanol–water partition coefficient (Wildman–Crippen LogP) is 3.48. The Labute approximate surface area is 241 Å². The Balaban J connectivity index is 1.12. The first-order chi connectivity index (χ1) is 20.2. The number of ether oxygens (including phenoxy) is 2. The van der Waals surface area contributed by atoms with Crippen LogP contribution in [0.1, 0.15) is 56.8 Å². The molecule has 13 heteroatoms. The van der Waals surface area contributed by atoms with E-state index < -0.39 is 42.9 Å². The molecule has 210 valence electrons. The topological polar surface area (TPSA) is 162 Å². The normalized spacial score (nSPS) is 12.1. The van der Waals surface area contributed by atoms with Crippen LogP contribution in [0.15, 0.2) is 72.8 Å². The first-order valence-electron chi connectivity index (χ1n) is 12.4. The van der Waals surface area contributed by atoms with E-state index in [1.54, 1.807) is 37.3 Å². The Bertz CT molecular complexity index is 1730. The largest absolute Gasteiger partial charge is 0.454 e. The molecule has 1 N–H and O–H groups in total. The molecule has 42 heavy (non-hydrogen) atoms. The summed E-state index contributed by atoms with van der Waals surface area (Å²) in [7, 11) is 0. The average molecular weight is 585 g/mol. The van der Waals surface area contributed by atoms with Crippen LogP contribution in [0.4, 0.5) is 10.8 Å². The summed E-state index contributed by atoms with van der Waals surface area (Å²) in [5.74, 6) is -3.80. The van der Waals surface area contributed by atoms with Gasteiger partial charge >= 0.3 is 11.9 Å². The lowest BCUT2D eigenvalue weighted by atomic mass is 10.1.